The Morgan fingerprint density at radius 3 is 2.71 bits per heavy atom. The third-order valence-corrected chi connectivity index (χ3v) is 4.71. The van der Waals surface area contributed by atoms with Gasteiger partial charge in [0.2, 0.25) is 0 Å². The Bertz CT molecular complexity index is 625. The highest BCUT2D eigenvalue weighted by molar-refractivity contribution is 5.15. The lowest BCUT2D eigenvalue weighted by Gasteiger charge is -2.40. The van der Waals surface area contributed by atoms with Gasteiger partial charge in [-0.1, -0.05) is 30.3 Å². The summed E-state index contributed by atoms with van der Waals surface area (Å²) in [6.45, 7) is 9.66. The summed E-state index contributed by atoms with van der Waals surface area (Å²) in [6, 6.07) is 11.0. The molecule has 5 nitrogen and oxygen atoms in total. The van der Waals surface area contributed by atoms with Gasteiger partial charge in [0.1, 0.15) is 5.82 Å². The molecule has 2 atom stereocenters. The van der Waals surface area contributed by atoms with Crippen molar-refractivity contribution in [1.82, 2.24) is 19.4 Å². The van der Waals surface area contributed by atoms with E-state index in [1.807, 2.05) is 19.2 Å². The van der Waals surface area contributed by atoms with Crippen LogP contribution in [0.2, 0.25) is 0 Å². The number of hydrogen-bond donors (Lipinski definition) is 1. The first kappa shape index (κ1) is 17.1. The van der Waals surface area contributed by atoms with Crippen molar-refractivity contribution in [2.75, 3.05) is 26.2 Å². The Hall–Kier alpha value is -1.69. The summed E-state index contributed by atoms with van der Waals surface area (Å²) in [5.41, 5.74) is 1.30. The molecule has 1 fully saturated rings. The molecule has 2 heterocycles. The van der Waals surface area contributed by atoms with E-state index in [2.05, 4.69) is 56.7 Å². The van der Waals surface area contributed by atoms with E-state index in [1.165, 1.54) is 5.56 Å². The van der Waals surface area contributed by atoms with Crippen molar-refractivity contribution in [3.8, 4) is 0 Å². The van der Waals surface area contributed by atoms with Crippen molar-refractivity contribution in [2.45, 2.75) is 39.1 Å². The number of aromatic nitrogens is 2. The van der Waals surface area contributed by atoms with Crippen molar-refractivity contribution in [3.05, 3.63) is 54.1 Å². The Labute approximate surface area is 144 Å². The van der Waals surface area contributed by atoms with Gasteiger partial charge in [0.25, 0.3) is 0 Å². The molecule has 5 heteroatoms. The topological polar surface area (TPSA) is 44.5 Å². The van der Waals surface area contributed by atoms with Crippen molar-refractivity contribution < 1.29 is 5.11 Å². The van der Waals surface area contributed by atoms with Gasteiger partial charge in [0, 0.05) is 51.2 Å². The van der Waals surface area contributed by atoms with E-state index >= 15 is 0 Å². The number of β-amino-alcohol motifs (C(OH)–C–C–N with tert-alkyl or cyclic N) is 1. The molecule has 3 rings (SSSR count). The molecule has 0 saturated carbocycles. The molecule has 1 aliphatic heterocycles. The Balaban J connectivity index is 1.59. The molecule has 0 unspecified atom stereocenters. The maximum absolute atomic E-state index is 9.60. The van der Waals surface area contributed by atoms with Crippen LogP contribution in [0.25, 0.3) is 0 Å². The third-order valence-electron chi connectivity index (χ3n) is 4.71. The highest BCUT2D eigenvalue weighted by atomic mass is 16.3. The van der Waals surface area contributed by atoms with Crippen molar-refractivity contribution in [1.29, 1.82) is 0 Å². The predicted molar refractivity (Wildman–Crippen MR) is 95.8 cm³/mol. The van der Waals surface area contributed by atoms with Crippen LogP contribution in [0.15, 0.2) is 42.7 Å². The monoisotopic (exact) mass is 328 g/mol. The number of benzene rings is 1. The number of imidazole rings is 1. The molecule has 1 N–H and O–H groups in total. The smallest absolute Gasteiger partial charge is 0.123 e. The lowest BCUT2D eigenvalue weighted by atomic mass is 10.1. The summed E-state index contributed by atoms with van der Waals surface area (Å²) in [6.07, 6.45) is 3.70. The summed E-state index contributed by atoms with van der Waals surface area (Å²) in [7, 11) is 0. The quantitative estimate of drug-likeness (QED) is 0.878. The fourth-order valence-electron chi connectivity index (χ4n) is 3.44. The zero-order chi connectivity index (χ0) is 16.9. The van der Waals surface area contributed by atoms with Gasteiger partial charge in [0.05, 0.1) is 12.6 Å². The fraction of sp³-hybridized carbons (Fsp3) is 0.526. The second-order valence-electron chi connectivity index (χ2n) is 6.89. The molecule has 1 aromatic heterocycles. The largest absolute Gasteiger partial charge is 0.392 e. The van der Waals surface area contributed by atoms with Crippen LogP contribution in [0.5, 0.6) is 0 Å². The molecule has 0 radical (unpaired) electrons. The number of hydrogen-bond acceptors (Lipinski definition) is 4. The van der Waals surface area contributed by atoms with Gasteiger partial charge in [-0.2, -0.15) is 0 Å². The van der Waals surface area contributed by atoms with E-state index < -0.39 is 0 Å². The van der Waals surface area contributed by atoms with Crippen LogP contribution in [0.1, 0.15) is 25.2 Å². The standard InChI is InChI=1S/C19H28N4O/c1-16-12-21(10-11-22(16)13-17(2)24)15-19-20-8-9-23(19)14-18-6-4-3-5-7-18/h3-9,16-17,24H,10-15H2,1-2H3/t16-,17-/m0/s1. The van der Waals surface area contributed by atoms with Gasteiger partial charge in [-0.15, -0.1) is 0 Å². The SMILES string of the molecule is C[C@H](O)CN1CCN(Cc2nccn2Cc2ccccc2)C[C@@H]1C. The zero-order valence-electron chi connectivity index (χ0n) is 14.7. The molecule has 0 spiro atoms. The van der Waals surface area contributed by atoms with E-state index in [4.69, 9.17) is 0 Å². The number of rotatable bonds is 6. The van der Waals surface area contributed by atoms with Crippen molar-refractivity contribution >= 4 is 0 Å². The molecule has 0 bridgehead atoms. The van der Waals surface area contributed by atoms with Crippen LogP contribution in [0.3, 0.4) is 0 Å². The van der Waals surface area contributed by atoms with E-state index in [0.29, 0.717) is 6.04 Å². The van der Waals surface area contributed by atoms with Gasteiger partial charge in [-0.25, -0.2) is 4.98 Å². The molecule has 1 aromatic carbocycles. The van der Waals surface area contributed by atoms with Crippen LogP contribution in [-0.4, -0.2) is 62.8 Å². The summed E-state index contributed by atoms with van der Waals surface area (Å²) < 4.78 is 2.24. The Morgan fingerprint density at radius 2 is 2.00 bits per heavy atom. The van der Waals surface area contributed by atoms with E-state index in [0.717, 1.165) is 45.1 Å². The summed E-state index contributed by atoms with van der Waals surface area (Å²) in [5, 5.41) is 9.60. The number of piperazine rings is 1. The molecule has 1 saturated heterocycles. The number of nitrogens with zero attached hydrogens (tertiary/aromatic N) is 4. The van der Waals surface area contributed by atoms with Gasteiger partial charge >= 0.3 is 0 Å². The highest BCUT2D eigenvalue weighted by Crippen LogP contribution is 2.14. The van der Waals surface area contributed by atoms with E-state index in [1.54, 1.807) is 0 Å². The normalized spacial score (nSPS) is 21.0. The van der Waals surface area contributed by atoms with Crippen LogP contribution in [-0.2, 0) is 13.1 Å². The van der Waals surface area contributed by atoms with Gasteiger partial charge < -0.3 is 9.67 Å². The van der Waals surface area contributed by atoms with Crippen LogP contribution in [0.4, 0.5) is 0 Å². The summed E-state index contributed by atoms with van der Waals surface area (Å²) >= 11 is 0. The second-order valence-corrected chi connectivity index (χ2v) is 6.89. The van der Waals surface area contributed by atoms with Crippen LogP contribution < -0.4 is 0 Å². The van der Waals surface area contributed by atoms with Gasteiger partial charge in [0.15, 0.2) is 0 Å². The summed E-state index contributed by atoms with van der Waals surface area (Å²) in [5.74, 6) is 1.12. The first-order chi connectivity index (χ1) is 11.6. The highest BCUT2D eigenvalue weighted by Gasteiger charge is 2.25. The maximum Gasteiger partial charge on any atom is 0.123 e. The number of aliphatic hydroxyl groups is 1. The lowest BCUT2D eigenvalue weighted by Crippen LogP contribution is -2.53. The predicted octanol–water partition coefficient (Wildman–Crippen LogP) is 1.82. The zero-order valence-corrected chi connectivity index (χ0v) is 14.7. The Kier molecular flexibility index (Phi) is 5.66. The first-order valence-corrected chi connectivity index (χ1v) is 8.80. The lowest BCUT2D eigenvalue weighted by molar-refractivity contribution is 0.0410. The van der Waals surface area contributed by atoms with E-state index in [-0.39, 0.29) is 6.10 Å². The molecule has 1 aliphatic rings. The van der Waals surface area contributed by atoms with Gasteiger partial charge in [-0.3, -0.25) is 9.80 Å². The minimum atomic E-state index is -0.260. The van der Waals surface area contributed by atoms with Crippen molar-refractivity contribution in [3.63, 3.8) is 0 Å². The average Bonchev–Trinajstić information content (AvgIpc) is 2.98. The molecular formula is C19H28N4O. The fourth-order valence-corrected chi connectivity index (χ4v) is 3.44. The maximum atomic E-state index is 9.60. The minimum Gasteiger partial charge on any atom is -0.392 e. The second kappa shape index (κ2) is 7.92. The molecular weight excluding hydrogens is 300 g/mol. The van der Waals surface area contributed by atoms with Gasteiger partial charge in [-0.05, 0) is 19.4 Å². The summed E-state index contributed by atoms with van der Waals surface area (Å²) in [4.78, 5) is 9.40. The first-order valence-electron chi connectivity index (χ1n) is 8.80. The number of aliphatic hydroxyl groups excluding tert-OH is 1. The molecule has 130 valence electrons. The average molecular weight is 328 g/mol. The minimum absolute atomic E-state index is 0.260. The van der Waals surface area contributed by atoms with Crippen LogP contribution in [0, 0.1) is 0 Å². The molecule has 2 aromatic rings. The van der Waals surface area contributed by atoms with E-state index in [9.17, 15) is 5.11 Å². The third kappa shape index (κ3) is 4.44. The molecule has 0 amide bonds. The Morgan fingerprint density at radius 1 is 1.21 bits per heavy atom. The van der Waals surface area contributed by atoms with Crippen LogP contribution >= 0.6 is 0 Å². The molecule has 24 heavy (non-hydrogen) atoms. The molecule has 0 aliphatic carbocycles. The van der Waals surface area contributed by atoms with Crippen molar-refractivity contribution in [2.24, 2.45) is 0 Å².